The molecule has 20 heavy (non-hydrogen) atoms. The molecule has 1 aromatic carbocycles. The highest BCUT2D eigenvalue weighted by Gasteiger charge is 2.16. The molecule has 1 aromatic heterocycles. The second-order valence-electron chi connectivity index (χ2n) is 4.12. The molecule has 0 spiro atoms. The standard InChI is InChI=1S/C13H15N3O3S/c1-14-6-5-13-15-10(8-20-13)9-3-4-12(19-2)11(7-9)16(17)18/h3-4,7-8,14H,5-6H2,1-2H3. The van der Waals surface area contributed by atoms with E-state index in [0.717, 1.165) is 29.2 Å². The fraction of sp³-hybridized carbons (Fsp3) is 0.308. The summed E-state index contributed by atoms with van der Waals surface area (Å²) in [6, 6.07) is 4.87. The first-order valence-corrected chi connectivity index (χ1v) is 6.95. The summed E-state index contributed by atoms with van der Waals surface area (Å²) >= 11 is 1.56. The summed E-state index contributed by atoms with van der Waals surface area (Å²) in [5, 5.41) is 17.0. The van der Waals surface area contributed by atoms with Crippen molar-refractivity contribution in [3.05, 3.63) is 38.7 Å². The smallest absolute Gasteiger partial charge is 0.311 e. The van der Waals surface area contributed by atoms with Crippen LogP contribution in [0.2, 0.25) is 0 Å². The molecule has 7 heteroatoms. The second kappa shape index (κ2) is 6.44. The highest BCUT2D eigenvalue weighted by atomic mass is 32.1. The number of nitrogens with zero attached hydrogens (tertiary/aromatic N) is 2. The maximum Gasteiger partial charge on any atom is 0.311 e. The van der Waals surface area contributed by atoms with Crippen molar-refractivity contribution in [2.24, 2.45) is 0 Å². The van der Waals surface area contributed by atoms with Crippen LogP contribution >= 0.6 is 11.3 Å². The molecule has 0 saturated carbocycles. The van der Waals surface area contributed by atoms with Gasteiger partial charge in [-0.3, -0.25) is 10.1 Å². The number of hydrogen-bond acceptors (Lipinski definition) is 6. The first-order valence-electron chi connectivity index (χ1n) is 6.07. The van der Waals surface area contributed by atoms with Crippen molar-refractivity contribution in [3.8, 4) is 17.0 Å². The number of ether oxygens (including phenoxy) is 1. The van der Waals surface area contributed by atoms with Crippen LogP contribution in [0.25, 0.3) is 11.3 Å². The molecule has 0 fully saturated rings. The zero-order chi connectivity index (χ0) is 14.5. The Kier molecular flexibility index (Phi) is 4.65. The van der Waals surface area contributed by atoms with E-state index in [1.165, 1.54) is 13.2 Å². The number of nitro groups is 1. The SMILES string of the molecule is CNCCc1nc(-c2ccc(OC)c([N+](=O)[O-])c2)cs1. The predicted octanol–water partition coefficient (Wildman–Crippen LogP) is 2.49. The van der Waals surface area contributed by atoms with E-state index >= 15 is 0 Å². The normalized spacial score (nSPS) is 10.5. The minimum Gasteiger partial charge on any atom is -0.490 e. The fourth-order valence-corrected chi connectivity index (χ4v) is 2.59. The van der Waals surface area contributed by atoms with E-state index in [1.807, 2.05) is 12.4 Å². The lowest BCUT2D eigenvalue weighted by molar-refractivity contribution is -0.385. The summed E-state index contributed by atoms with van der Waals surface area (Å²) in [6.07, 6.45) is 0.847. The third-order valence-electron chi connectivity index (χ3n) is 2.81. The first kappa shape index (κ1) is 14.4. The van der Waals surface area contributed by atoms with E-state index in [-0.39, 0.29) is 11.4 Å². The lowest BCUT2D eigenvalue weighted by Crippen LogP contribution is -2.09. The van der Waals surface area contributed by atoms with Gasteiger partial charge in [0.2, 0.25) is 0 Å². The molecule has 2 rings (SSSR count). The molecular weight excluding hydrogens is 278 g/mol. The molecule has 2 aromatic rings. The fourth-order valence-electron chi connectivity index (χ4n) is 1.78. The lowest BCUT2D eigenvalue weighted by atomic mass is 10.1. The second-order valence-corrected chi connectivity index (χ2v) is 5.07. The molecular formula is C13H15N3O3S. The van der Waals surface area contributed by atoms with E-state index in [0.29, 0.717) is 0 Å². The molecule has 0 bridgehead atoms. The van der Waals surface area contributed by atoms with Crippen LogP contribution in [0.5, 0.6) is 5.75 Å². The van der Waals surface area contributed by atoms with Gasteiger partial charge in [0, 0.05) is 30.0 Å². The van der Waals surface area contributed by atoms with Crippen LogP contribution in [0.1, 0.15) is 5.01 Å². The quantitative estimate of drug-likeness (QED) is 0.654. The zero-order valence-corrected chi connectivity index (χ0v) is 12.1. The summed E-state index contributed by atoms with van der Waals surface area (Å²) in [5.41, 5.74) is 1.44. The number of rotatable bonds is 6. The molecule has 0 unspecified atom stereocenters. The van der Waals surface area contributed by atoms with Gasteiger partial charge >= 0.3 is 5.69 Å². The third-order valence-corrected chi connectivity index (χ3v) is 3.72. The third kappa shape index (κ3) is 3.12. The zero-order valence-electron chi connectivity index (χ0n) is 11.3. The molecule has 0 aliphatic rings. The molecule has 0 aliphatic carbocycles. The van der Waals surface area contributed by atoms with Crippen molar-refractivity contribution < 1.29 is 9.66 Å². The summed E-state index contributed by atoms with van der Waals surface area (Å²) in [7, 11) is 3.31. The van der Waals surface area contributed by atoms with Crippen molar-refractivity contribution in [1.29, 1.82) is 0 Å². The van der Waals surface area contributed by atoms with E-state index in [9.17, 15) is 10.1 Å². The molecule has 1 N–H and O–H groups in total. The van der Waals surface area contributed by atoms with Gasteiger partial charge in [0.05, 0.1) is 22.7 Å². The van der Waals surface area contributed by atoms with Crippen LogP contribution in [-0.4, -0.2) is 30.6 Å². The Labute approximate surface area is 120 Å². The van der Waals surface area contributed by atoms with Crippen LogP contribution in [0.3, 0.4) is 0 Å². The Morgan fingerprint density at radius 2 is 2.30 bits per heavy atom. The summed E-state index contributed by atoms with van der Waals surface area (Å²) in [6.45, 7) is 0.857. The maximum atomic E-state index is 11.0. The van der Waals surface area contributed by atoms with Crippen molar-refractivity contribution in [2.75, 3.05) is 20.7 Å². The van der Waals surface area contributed by atoms with Gasteiger partial charge in [-0.2, -0.15) is 0 Å². The van der Waals surface area contributed by atoms with Crippen LogP contribution in [0, 0.1) is 10.1 Å². The van der Waals surface area contributed by atoms with Gasteiger partial charge in [0.15, 0.2) is 5.75 Å². The highest BCUT2D eigenvalue weighted by Crippen LogP contribution is 2.32. The van der Waals surface area contributed by atoms with Gasteiger partial charge < -0.3 is 10.1 Å². The number of methoxy groups -OCH3 is 1. The summed E-state index contributed by atoms with van der Waals surface area (Å²) in [5.74, 6) is 0.254. The van der Waals surface area contributed by atoms with E-state index < -0.39 is 4.92 Å². The van der Waals surface area contributed by atoms with Gasteiger partial charge in [-0.15, -0.1) is 11.3 Å². The van der Waals surface area contributed by atoms with E-state index in [2.05, 4.69) is 10.3 Å². The largest absolute Gasteiger partial charge is 0.490 e. The number of nitrogens with one attached hydrogen (secondary N) is 1. The highest BCUT2D eigenvalue weighted by molar-refractivity contribution is 7.09. The topological polar surface area (TPSA) is 77.3 Å². The molecule has 0 saturated heterocycles. The molecule has 0 radical (unpaired) electrons. The van der Waals surface area contributed by atoms with E-state index in [1.54, 1.807) is 23.5 Å². The average molecular weight is 293 g/mol. The monoisotopic (exact) mass is 293 g/mol. The number of hydrogen-bond donors (Lipinski definition) is 1. The molecule has 1 heterocycles. The average Bonchev–Trinajstić information content (AvgIpc) is 2.93. The van der Waals surface area contributed by atoms with Crippen molar-refractivity contribution in [1.82, 2.24) is 10.3 Å². The van der Waals surface area contributed by atoms with Crippen molar-refractivity contribution >= 4 is 17.0 Å². The van der Waals surface area contributed by atoms with Crippen LogP contribution in [-0.2, 0) is 6.42 Å². The van der Waals surface area contributed by atoms with Crippen LogP contribution < -0.4 is 10.1 Å². The number of thiazole rings is 1. The van der Waals surface area contributed by atoms with Gasteiger partial charge in [-0.1, -0.05) is 0 Å². The van der Waals surface area contributed by atoms with Gasteiger partial charge in [-0.25, -0.2) is 4.98 Å². The molecule has 0 atom stereocenters. The Balaban J connectivity index is 2.30. The summed E-state index contributed by atoms with van der Waals surface area (Å²) in [4.78, 5) is 15.1. The molecule has 106 valence electrons. The van der Waals surface area contributed by atoms with Crippen molar-refractivity contribution in [3.63, 3.8) is 0 Å². The summed E-state index contributed by atoms with van der Waals surface area (Å²) < 4.78 is 4.99. The number of nitro benzene ring substituents is 1. The Bertz CT molecular complexity index is 613. The van der Waals surface area contributed by atoms with Gasteiger partial charge in [-0.05, 0) is 19.2 Å². The Morgan fingerprint density at radius 1 is 1.50 bits per heavy atom. The Hall–Kier alpha value is -1.99. The molecule has 0 amide bonds. The van der Waals surface area contributed by atoms with Crippen molar-refractivity contribution in [2.45, 2.75) is 6.42 Å². The first-order chi connectivity index (χ1) is 9.65. The van der Waals surface area contributed by atoms with Crippen LogP contribution in [0.15, 0.2) is 23.6 Å². The maximum absolute atomic E-state index is 11.0. The lowest BCUT2D eigenvalue weighted by Gasteiger charge is -2.03. The number of aromatic nitrogens is 1. The van der Waals surface area contributed by atoms with Gasteiger partial charge in [0.25, 0.3) is 0 Å². The van der Waals surface area contributed by atoms with E-state index in [4.69, 9.17) is 4.74 Å². The minimum absolute atomic E-state index is 0.0465. The Morgan fingerprint density at radius 3 is 2.95 bits per heavy atom. The number of benzene rings is 1. The molecule has 0 aliphatic heterocycles. The van der Waals surface area contributed by atoms with Gasteiger partial charge in [0.1, 0.15) is 0 Å². The minimum atomic E-state index is -0.448. The molecule has 6 nitrogen and oxygen atoms in total. The predicted molar refractivity (Wildman–Crippen MR) is 78.4 cm³/mol. The number of likely N-dealkylation sites (N-methyl/N-ethyl adjacent to an activating group) is 1. The van der Waals surface area contributed by atoms with Crippen LogP contribution in [0.4, 0.5) is 5.69 Å².